The minimum absolute atomic E-state index is 0.0699. The predicted molar refractivity (Wildman–Crippen MR) is 113 cm³/mol. The van der Waals surface area contributed by atoms with Crippen LogP contribution in [0.25, 0.3) is 21.2 Å². The van der Waals surface area contributed by atoms with E-state index in [-0.39, 0.29) is 18.2 Å². The number of carbonyl (C=O) groups excluding carboxylic acids is 2. The molecule has 0 atom stereocenters. The summed E-state index contributed by atoms with van der Waals surface area (Å²) in [6.07, 6.45) is 0.0785. The fourth-order valence-corrected chi connectivity index (χ4v) is 4.52. The summed E-state index contributed by atoms with van der Waals surface area (Å²) in [5.41, 5.74) is 3.24. The second-order valence-corrected chi connectivity index (χ2v) is 7.45. The number of thiophene rings is 1. The molecule has 0 bridgehead atoms. The molecule has 0 amide bonds. The summed E-state index contributed by atoms with van der Waals surface area (Å²) in [5.74, 6) is -0.423. The summed E-state index contributed by atoms with van der Waals surface area (Å²) in [4.78, 5) is 26.1. The van der Waals surface area contributed by atoms with Crippen LogP contribution in [0.2, 0.25) is 0 Å². The number of carbonyl (C=O) groups is 2. The van der Waals surface area contributed by atoms with Crippen molar-refractivity contribution in [1.82, 2.24) is 0 Å². The molecule has 0 N–H and O–H groups in total. The second kappa shape index (κ2) is 7.79. The molecule has 138 valence electrons. The molecule has 1 aromatic heterocycles. The van der Waals surface area contributed by atoms with Gasteiger partial charge in [0, 0.05) is 10.3 Å². The molecule has 0 saturated heterocycles. The van der Waals surface area contributed by atoms with Gasteiger partial charge in [-0.25, -0.2) is 0 Å². The minimum atomic E-state index is -0.353. The van der Waals surface area contributed by atoms with Gasteiger partial charge in [-0.05, 0) is 28.1 Å². The molecule has 0 spiro atoms. The van der Waals surface area contributed by atoms with E-state index in [1.54, 1.807) is 0 Å². The predicted octanol–water partition coefficient (Wildman–Crippen LogP) is 5.51. The number of fused-ring (bicyclic) bond motifs is 1. The summed E-state index contributed by atoms with van der Waals surface area (Å²) in [6, 6.07) is 25.2. The van der Waals surface area contributed by atoms with Crippen molar-refractivity contribution in [1.29, 1.82) is 0 Å². The SMILES string of the molecule is COC(=O)Cc1c(C(=O)c2ccccc2-c2ccccc2)sc2ccccc12. The number of benzene rings is 3. The highest BCUT2D eigenvalue weighted by molar-refractivity contribution is 7.21. The molecular weight excluding hydrogens is 368 g/mol. The normalized spacial score (nSPS) is 10.8. The van der Waals surface area contributed by atoms with E-state index in [1.165, 1.54) is 18.4 Å². The Hall–Kier alpha value is -3.24. The van der Waals surface area contributed by atoms with E-state index in [0.29, 0.717) is 10.4 Å². The van der Waals surface area contributed by atoms with E-state index >= 15 is 0 Å². The molecule has 0 fully saturated rings. The largest absolute Gasteiger partial charge is 0.469 e. The summed E-state index contributed by atoms with van der Waals surface area (Å²) < 4.78 is 5.85. The van der Waals surface area contributed by atoms with Gasteiger partial charge in [0.05, 0.1) is 18.4 Å². The Bertz CT molecular complexity index is 1160. The zero-order valence-corrected chi connectivity index (χ0v) is 16.2. The zero-order valence-electron chi connectivity index (χ0n) is 15.3. The van der Waals surface area contributed by atoms with Crippen molar-refractivity contribution in [2.75, 3.05) is 7.11 Å². The first-order valence-corrected chi connectivity index (χ1v) is 9.77. The van der Waals surface area contributed by atoms with Crippen LogP contribution in [0.5, 0.6) is 0 Å². The van der Waals surface area contributed by atoms with Crippen molar-refractivity contribution in [3.8, 4) is 11.1 Å². The van der Waals surface area contributed by atoms with Crippen LogP contribution in [0.15, 0.2) is 78.9 Å². The molecular formula is C24H18O3S. The first-order chi connectivity index (χ1) is 13.7. The number of esters is 1. The minimum Gasteiger partial charge on any atom is -0.469 e. The standard InChI is InChI=1S/C24H18O3S/c1-27-22(25)15-20-18-12-7-8-14-21(18)28-24(20)23(26)19-13-6-5-11-17(19)16-9-3-2-4-10-16/h2-14H,15H2,1H3. The molecule has 4 heteroatoms. The lowest BCUT2D eigenvalue weighted by Crippen LogP contribution is -2.09. The average Bonchev–Trinajstić information content (AvgIpc) is 3.12. The molecule has 0 unspecified atom stereocenters. The Morgan fingerprint density at radius 1 is 0.857 bits per heavy atom. The fraction of sp³-hybridized carbons (Fsp3) is 0.0833. The van der Waals surface area contributed by atoms with Crippen LogP contribution in [0.4, 0.5) is 0 Å². The third kappa shape index (κ3) is 3.35. The highest BCUT2D eigenvalue weighted by atomic mass is 32.1. The Morgan fingerprint density at radius 2 is 1.54 bits per heavy atom. The first kappa shape index (κ1) is 18.1. The highest BCUT2D eigenvalue weighted by Crippen LogP contribution is 2.35. The van der Waals surface area contributed by atoms with Gasteiger partial charge in [-0.3, -0.25) is 9.59 Å². The molecule has 4 aromatic rings. The molecule has 0 aliphatic carbocycles. The monoisotopic (exact) mass is 386 g/mol. The first-order valence-electron chi connectivity index (χ1n) is 8.95. The number of hydrogen-bond acceptors (Lipinski definition) is 4. The maximum absolute atomic E-state index is 13.6. The van der Waals surface area contributed by atoms with E-state index in [1.807, 2.05) is 78.9 Å². The van der Waals surface area contributed by atoms with Crippen LogP contribution in [0.3, 0.4) is 0 Å². The van der Waals surface area contributed by atoms with Crippen molar-refractivity contribution in [3.63, 3.8) is 0 Å². The lowest BCUT2D eigenvalue weighted by atomic mass is 9.94. The molecule has 0 saturated carbocycles. The van der Waals surface area contributed by atoms with Gasteiger partial charge in [-0.2, -0.15) is 0 Å². The van der Waals surface area contributed by atoms with Gasteiger partial charge in [0.25, 0.3) is 0 Å². The highest BCUT2D eigenvalue weighted by Gasteiger charge is 2.23. The molecule has 1 heterocycles. The number of methoxy groups -OCH3 is 1. The van der Waals surface area contributed by atoms with Crippen LogP contribution in [0.1, 0.15) is 20.8 Å². The second-order valence-electron chi connectivity index (χ2n) is 6.40. The Kier molecular flexibility index (Phi) is 5.04. The van der Waals surface area contributed by atoms with Gasteiger partial charge in [0.1, 0.15) is 0 Å². The number of hydrogen-bond donors (Lipinski definition) is 0. The Morgan fingerprint density at radius 3 is 2.32 bits per heavy atom. The van der Waals surface area contributed by atoms with E-state index in [2.05, 4.69) is 0 Å². The van der Waals surface area contributed by atoms with E-state index in [9.17, 15) is 9.59 Å². The van der Waals surface area contributed by atoms with Gasteiger partial charge in [0.15, 0.2) is 0 Å². The summed E-state index contributed by atoms with van der Waals surface area (Å²) in [6.45, 7) is 0. The molecule has 3 aromatic carbocycles. The maximum Gasteiger partial charge on any atom is 0.310 e. The quantitative estimate of drug-likeness (QED) is 0.335. The van der Waals surface area contributed by atoms with Crippen LogP contribution in [0, 0.1) is 0 Å². The maximum atomic E-state index is 13.6. The van der Waals surface area contributed by atoms with Crippen LogP contribution in [-0.4, -0.2) is 18.9 Å². The summed E-state index contributed by atoms with van der Waals surface area (Å²) in [7, 11) is 1.36. The van der Waals surface area contributed by atoms with Gasteiger partial charge in [0.2, 0.25) is 5.78 Å². The molecule has 28 heavy (non-hydrogen) atoms. The fourth-order valence-electron chi connectivity index (χ4n) is 3.35. The third-order valence-corrected chi connectivity index (χ3v) is 5.92. The van der Waals surface area contributed by atoms with Crippen molar-refractivity contribution in [2.45, 2.75) is 6.42 Å². The molecule has 0 radical (unpaired) electrons. The van der Waals surface area contributed by atoms with Crippen LogP contribution >= 0.6 is 11.3 Å². The zero-order chi connectivity index (χ0) is 19.5. The van der Waals surface area contributed by atoms with Crippen LogP contribution < -0.4 is 0 Å². The van der Waals surface area contributed by atoms with Crippen molar-refractivity contribution < 1.29 is 14.3 Å². The molecule has 4 rings (SSSR count). The van der Waals surface area contributed by atoms with Crippen molar-refractivity contribution in [3.05, 3.63) is 94.9 Å². The van der Waals surface area contributed by atoms with Gasteiger partial charge < -0.3 is 4.74 Å². The van der Waals surface area contributed by atoms with Gasteiger partial charge in [-0.1, -0.05) is 72.8 Å². The lowest BCUT2D eigenvalue weighted by molar-refractivity contribution is -0.139. The third-order valence-electron chi connectivity index (χ3n) is 4.71. The molecule has 0 aliphatic heterocycles. The van der Waals surface area contributed by atoms with E-state index in [0.717, 1.165) is 26.8 Å². The topological polar surface area (TPSA) is 43.4 Å². The average molecular weight is 386 g/mol. The van der Waals surface area contributed by atoms with E-state index in [4.69, 9.17) is 4.74 Å². The lowest BCUT2D eigenvalue weighted by Gasteiger charge is -2.09. The van der Waals surface area contributed by atoms with Gasteiger partial charge in [-0.15, -0.1) is 11.3 Å². The van der Waals surface area contributed by atoms with Gasteiger partial charge >= 0.3 is 5.97 Å². The van der Waals surface area contributed by atoms with Crippen molar-refractivity contribution >= 4 is 33.2 Å². The molecule has 0 aliphatic rings. The smallest absolute Gasteiger partial charge is 0.310 e. The van der Waals surface area contributed by atoms with E-state index < -0.39 is 0 Å². The summed E-state index contributed by atoms with van der Waals surface area (Å²) >= 11 is 1.43. The number of rotatable bonds is 5. The van der Waals surface area contributed by atoms with Crippen molar-refractivity contribution in [2.24, 2.45) is 0 Å². The molecule has 3 nitrogen and oxygen atoms in total. The van der Waals surface area contributed by atoms with Crippen LogP contribution in [-0.2, 0) is 16.0 Å². The number of ketones is 1. The number of ether oxygens (including phenoxy) is 1. The summed E-state index contributed by atoms with van der Waals surface area (Å²) in [5, 5.41) is 0.929. The Labute approximate surface area is 167 Å². The Balaban J connectivity index is 1.87.